The van der Waals surface area contributed by atoms with Gasteiger partial charge in [0.05, 0.1) is 12.1 Å². The Morgan fingerprint density at radius 3 is 2.52 bits per heavy atom. The molecule has 0 atom stereocenters. The lowest BCUT2D eigenvalue weighted by Gasteiger charge is -2.08. The molecule has 0 saturated heterocycles. The largest absolute Gasteiger partial charge is 0.497 e. The first-order chi connectivity index (χ1) is 10.0. The average molecular weight is 313 g/mol. The highest BCUT2D eigenvalue weighted by molar-refractivity contribution is 6.35. The summed E-state index contributed by atoms with van der Waals surface area (Å²) in [5.41, 5.74) is 0.465. The highest BCUT2D eigenvalue weighted by Gasteiger charge is 2.15. The fraction of sp³-hybridized carbons (Fsp3) is 0.133. The molecule has 0 fully saturated rings. The fourth-order valence-corrected chi connectivity index (χ4v) is 2.03. The Bertz CT molecular complexity index is 659. The Hall–Kier alpha value is -2.14. The summed E-state index contributed by atoms with van der Waals surface area (Å²) in [4.78, 5) is 12.3. The molecule has 0 aliphatic carbocycles. The van der Waals surface area contributed by atoms with Gasteiger partial charge >= 0.3 is 6.61 Å². The van der Waals surface area contributed by atoms with Crippen molar-refractivity contribution in [3.63, 3.8) is 0 Å². The number of ether oxygens (including phenoxy) is 2. The minimum Gasteiger partial charge on any atom is -0.497 e. The molecule has 0 unspecified atom stereocenters. The van der Waals surface area contributed by atoms with Gasteiger partial charge in [-0.1, -0.05) is 23.7 Å². The van der Waals surface area contributed by atoms with E-state index in [9.17, 15) is 13.6 Å². The SMILES string of the molecule is COc1ccc(C(=O)c2cccc(OC(F)F)c2)c(Cl)c1. The van der Waals surface area contributed by atoms with Crippen molar-refractivity contribution < 1.29 is 23.0 Å². The maximum absolute atomic E-state index is 12.3. The molecule has 3 nitrogen and oxygen atoms in total. The highest BCUT2D eigenvalue weighted by Crippen LogP contribution is 2.26. The lowest BCUT2D eigenvalue weighted by molar-refractivity contribution is -0.0498. The van der Waals surface area contributed by atoms with Gasteiger partial charge in [0.1, 0.15) is 11.5 Å². The van der Waals surface area contributed by atoms with Gasteiger partial charge in [-0.25, -0.2) is 0 Å². The number of hydrogen-bond acceptors (Lipinski definition) is 3. The zero-order valence-corrected chi connectivity index (χ0v) is 11.7. The van der Waals surface area contributed by atoms with Crippen molar-refractivity contribution in [3.05, 3.63) is 58.6 Å². The monoisotopic (exact) mass is 312 g/mol. The van der Waals surface area contributed by atoms with Crippen LogP contribution in [0.2, 0.25) is 5.02 Å². The molecule has 0 spiro atoms. The number of ketones is 1. The summed E-state index contributed by atoms with van der Waals surface area (Å²) in [7, 11) is 1.48. The van der Waals surface area contributed by atoms with Crippen LogP contribution in [0.25, 0.3) is 0 Å². The summed E-state index contributed by atoms with van der Waals surface area (Å²) >= 11 is 6.02. The Morgan fingerprint density at radius 1 is 1.14 bits per heavy atom. The average Bonchev–Trinajstić information content (AvgIpc) is 2.46. The maximum atomic E-state index is 12.3. The second kappa shape index (κ2) is 6.54. The highest BCUT2D eigenvalue weighted by atomic mass is 35.5. The molecule has 110 valence electrons. The van der Waals surface area contributed by atoms with E-state index in [4.69, 9.17) is 16.3 Å². The van der Waals surface area contributed by atoms with Crippen LogP contribution in [0, 0.1) is 0 Å². The number of alkyl halides is 2. The Kier molecular flexibility index (Phi) is 4.75. The molecule has 2 aromatic rings. The van der Waals surface area contributed by atoms with Gasteiger partial charge in [0, 0.05) is 11.1 Å². The summed E-state index contributed by atoms with van der Waals surface area (Å²) < 4.78 is 33.6. The van der Waals surface area contributed by atoms with E-state index in [0.29, 0.717) is 5.75 Å². The minimum absolute atomic E-state index is 0.0829. The Balaban J connectivity index is 2.31. The Labute approximate surface area is 125 Å². The van der Waals surface area contributed by atoms with E-state index < -0.39 is 6.61 Å². The normalized spacial score (nSPS) is 10.5. The predicted molar refractivity (Wildman–Crippen MR) is 74.5 cm³/mol. The number of halogens is 3. The lowest BCUT2D eigenvalue weighted by Crippen LogP contribution is -2.05. The molecule has 0 heterocycles. The van der Waals surface area contributed by atoms with Gasteiger partial charge in [0.15, 0.2) is 5.78 Å². The lowest BCUT2D eigenvalue weighted by atomic mass is 10.0. The molecule has 0 aliphatic rings. The summed E-state index contributed by atoms with van der Waals surface area (Å²) in [6.07, 6.45) is 0. The van der Waals surface area contributed by atoms with Crippen LogP contribution < -0.4 is 9.47 Å². The van der Waals surface area contributed by atoms with Gasteiger partial charge in [-0.2, -0.15) is 8.78 Å². The number of methoxy groups -OCH3 is 1. The van der Waals surface area contributed by atoms with Crippen molar-refractivity contribution in [2.45, 2.75) is 6.61 Å². The predicted octanol–water partition coefficient (Wildman–Crippen LogP) is 4.18. The first kappa shape index (κ1) is 15.3. The molecule has 2 rings (SSSR count). The molecule has 0 aliphatic heterocycles. The van der Waals surface area contributed by atoms with Gasteiger partial charge in [-0.05, 0) is 30.3 Å². The molecule has 0 bridgehead atoms. The van der Waals surface area contributed by atoms with E-state index in [1.807, 2.05) is 0 Å². The summed E-state index contributed by atoms with van der Waals surface area (Å²) in [5.74, 6) is 0.0502. The summed E-state index contributed by atoms with van der Waals surface area (Å²) in [5, 5.41) is 0.222. The number of rotatable bonds is 5. The molecule has 21 heavy (non-hydrogen) atoms. The van der Waals surface area contributed by atoms with E-state index in [-0.39, 0.29) is 27.7 Å². The number of carbonyl (C=O) groups is 1. The van der Waals surface area contributed by atoms with Crippen LogP contribution in [0.5, 0.6) is 11.5 Å². The molecule has 2 aromatic carbocycles. The molecule has 0 aromatic heterocycles. The second-order valence-corrected chi connectivity index (χ2v) is 4.49. The van der Waals surface area contributed by atoms with Crippen LogP contribution >= 0.6 is 11.6 Å². The molecule has 6 heteroatoms. The molecule has 0 N–H and O–H groups in total. The van der Waals surface area contributed by atoms with E-state index >= 15 is 0 Å². The van der Waals surface area contributed by atoms with Crippen LogP contribution in [0.3, 0.4) is 0 Å². The van der Waals surface area contributed by atoms with Gasteiger partial charge in [0.25, 0.3) is 0 Å². The quantitative estimate of drug-likeness (QED) is 0.777. The van der Waals surface area contributed by atoms with E-state index in [0.717, 1.165) is 0 Å². The third kappa shape index (κ3) is 3.70. The van der Waals surface area contributed by atoms with E-state index in [2.05, 4.69) is 4.74 Å². The van der Waals surface area contributed by atoms with Gasteiger partial charge in [-0.15, -0.1) is 0 Å². The third-order valence-electron chi connectivity index (χ3n) is 2.74. The topological polar surface area (TPSA) is 35.5 Å². The van der Waals surface area contributed by atoms with Crippen LogP contribution in [0.1, 0.15) is 15.9 Å². The van der Waals surface area contributed by atoms with Gasteiger partial charge < -0.3 is 9.47 Å². The maximum Gasteiger partial charge on any atom is 0.387 e. The van der Waals surface area contributed by atoms with E-state index in [1.165, 1.54) is 43.5 Å². The van der Waals surface area contributed by atoms with Crippen molar-refractivity contribution in [3.8, 4) is 11.5 Å². The summed E-state index contributed by atoms with van der Waals surface area (Å²) in [6.45, 7) is -2.94. The number of hydrogen-bond donors (Lipinski definition) is 0. The fourth-order valence-electron chi connectivity index (χ4n) is 1.78. The zero-order chi connectivity index (χ0) is 15.4. The Morgan fingerprint density at radius 2 is 1.90 bits per heavy atom. The van der Waals surface area contributed by atoms with E-state index in [1.54, 1.807) is 6.07 Å². The summed E-state index contributed by atoms with van der Waals surface area (Å²) in [6, 6.07) is 10.2. The van der Waals surface area contributed by atoms with Crippen LogP contribution in [-0.2, 0) is 0 Å². The first-order valence-corrected chi connectivity index (χ1v) is 6.32. The number of benzene rings is 2. The molecule has 0 saturated carbocycles. The minimum atomic E-state index is -2.94. The van der Waals surface area contributed by atoms with Crippen molar-refractivity contribution in [1.29, 1.82) is 0 Å². The molecule has 0 amide bonds. The van der Waals surface area contributed by atoms with Crippen LogP contribution in [-0.4, -0.2) is 19.5 Å². The van der Waals surface area contributed by atoms with Crippen molar-refractivity contribution in [1.82, 2.24) is 0 Å². The van der Waals surface area contributed by atoms with Gasteiger partial charge in [-0.3, -0.25) is 4.79 Å². The first-order valence-electron chi connectivity index (χ1n) is 5.94. The van der Waals surface area contributed by atoms with Crippen LogP contribution in [0.4, 0.5) is 8.78 Å². The molecular formula is C15H11ClF2O3. The van der Waals surface area contributed by atoms with Crippen LogP contribution in [0.15, 0.2) is 42.5 Å². The van der Waals surface area contributed by atoms with Crippen molar-refractivity contribution in [2.24, 2.45) is 0 Å². The molecular weight excluding hydrogens is 302 g/mol. The second-order valence-electron chi connectivity index (χ2n) is 4.08. The standard InChI is InChI=1S/C15H11ClF2O3/c1-20-10-5-6-12(13(16)8-10)14(19)9-3-2-4-11(7-9)21-15(17)18/h2-8,15H,1H3. The third-order valence-corrected chi connectivity index (χ3v) is 3.05. The van der Waals surface area contributed by atoms with Crippen molar-refractivity contribution in [2.75, 3.05) is 7.11 Å². The molecule has 0 radical (unpaired) electrons. The zero-order valence-electron chi connectivity index (χ0n) is 11.0. The number of carbonyl (C=O) groups excluding carboxylic acids is 1. The van der Waals surface area contributed by atoms with Crippen molar-refractivity contribution >= 4 is 17.4 Å². The smallest absolute Gasteiger partial charge is 0.387 e. The van der Waals surface area contributed by atoms with Gasteiger partial charge in [0.2, 0.25) is 0 Å².